The van der Waals surface area contributed by atoms with Gasteiger partial charge >= 0.3 is 0 Å². The molecule has 0 radical (unpaired) electrons. The van der Waals surface area contributed by atoms with Crippen LogP contribution < -0.4 is 5.32 Å². The predicted molar refractivity (Wildman–Crippen MR) is 85.2 cm³/mol. The van der Waals surface area contributed by atoms with Crippen molar-refractivity contribution in [2.75, 3.05) is 0 Å². The summed E-state index contributed by atoms with van der Waals surface area (Å²) in [5.74, 6) is -0.276. The molecule has 1 atom stereocenters. The van der Waals surface area contributed by atoms with Crippen molar-refractivity contribution in [1.29, 1.82) is 0 Å². The molecule has 6 heteroatoms. The molecule has 0 aliphatic carbocycles. The van der Waals surface area contributed by atoms with Crippen LogP contribution in [0, 0.1) is 5.92 Å². The van der Waals surface area contributed by atoms with Crippen molar-refractivity contribution in [3.8, 4) is 0 Å². The summed E-state index contributed by atoms with van der Waals surface area (Å²) in [5.41, 5.74) is 0. The van der Waals surface area contributed by atoms with E-state index in [1.807, 2.05) is 20.8 Å². The molecule has 21 heavy (non-hydrogen) atoms. The van der Waals surface area contributed by atoms with Crippen LogP contribution in [0.3, 0.4) is 0 Å². The number of benzene rings is 1. The van der Waals surface area contributed by atoms with E-state index in [1.54, 1.807) is 0 Å². The Balaban J connectivity index is 3.10. The molecule has 0 spiro atoms. The van der Waals surface area contributed by atoms with E-state index in [-0.39, 0.29) is 16.9 Å². The number of nitrogens with one attached hydrogen (secondary N) is 1. The predicted octanol–water partition coefficient (Wildman–Crippen LogP) is 3.05. The van der Waals surface area contributed by atoms with Gasteiger partial charge in [0, 0.05) is 11.1 Å². The lowest BCUT2D eigenvalue weighted by Gasteiger charge is -2.27. The van der Waals surface area contributed by atoms with Crippen LogP contribution in [-0.2, 0) is 14.6 Å². The summed E-state index contributed by atoms with van der Waals surface area (Å²) in [6.45, 7) is 8.61. The zero-order chi connectivity index (χ0) is 16.4. The Morgan fingerprint density at radius 2 is 1.62 bits per heavy atom. The van der Waals surface area contributed by atoms with Crippen LogP contribution in [0.25, 0.3) is 0 Å². The highest BCUT2D eigenvalue weighted by molar-refractivity contribution is 7.93. The summed E-state index contributed by atoms with van der Waals surface area (Å²) in [6.07, 6.45) is 0. The maximum Gasteiger partial charge on any atom is 0.241 e. The highest BCUT2D eigenvalue weighted by atomic mass is 35.5. The van der Waals surface area contributed by atoms with Gasteiger partial charge in [0.15, 0.2) is 9.84 Å². The van der Waals surface area contributed by atoms with Crippen molar-refractivity contribution in [3.63, 3.8) is 0 Å². The summed E-state index contributed by atoms with van der Waals surface area (Å²) >= 11 is 5.77. The number of halogens is 1. The van der Waals surface area contributed by atoms with Crippen molar-refractivity contribution in [1.82, 2.24) is 5.32 Å². The van der Waals surface area contributed by atoms with Crippen molar-refractivity contribution in [3.05, 3.63) is 29.3 Å². The van der Waals surface area contributed by atoms with Crippen LogP contribution >= 0.6 is 11.6 Å². The van der Waals surface area contributed by atoms with Crippen LogP contribution in [0.1, 0.15) is 34.6 Å². The molecule has 0 aliphatic rings. The SMILES string of the molecule is CC(C)C(C)NC(=O)C(C)(C)S(=O)(=O)c1ccc(Cl)cc1. The molecule has 0 aromatic heterocycles. The first-order chi connectivity index (χ1) is 9.50. The number of hydrogen-bond acceptors (Lipinski definition) is 3. The number of sulfone groups is 1. The van der Waals surface area contributed by atoms with Crippen LogP contribution in [-0.4, -0.2) is 25.1 Å². The largest absolute Gasteiger partial charge is 0.352 e. The standard InChI is InChI=1S/C15H22ClNO3S/c1-10(2)11(3)17-14(18)15(4,5)21(19,20)13-8-6-12(16)7-9-13/h6-11H,1-5H3,(H,17,18). The second kappa shape index (κ2) is 6.36. The minimum absolute atomic E-state index is 0.0873. The Hall–Kier alpha value is -1.07. The monoisotopic (exact) mass is 331 g/mol. The smallest absolute Gasteiger partial charge is 0.241 e. The van der Waals surface area contributed by atoms with Crippen molar-refractivity contribution in [2.24, 2.45) is 5.92 Å². The van der Waals surface area contributed by atoms with Gasteiger partial charge in [-0.25, -0.2) is 8.42 Å². The lowest BCUT2D eigenvalue weighted by molar-refractivity contribution is -0.123. The number of amides is 1. The highest BCUT2D eigenvalue weighted by Gasteiger charge is 2.43. The average Bonchev–Trinajstić information content (AvgIpc) is 2.38. The molecular weight excluding hydrogens is 310 g/mol. The maximum absolute atomic E-state index is 12.7. The van der Waals surface area contributed by atoms with Crippen molar-refractivity contribution in [2.45, 2.75) is 50.3 Å². The molecule has 0 heterocycles. The molecule has 0 fully saturated rings. The first kappa shape index (κ1) is 18.0. The summed E-state index contributed by atoms with van der Waals surface area (Å²) in [6, 6.07) is 5.73. The third kappa shape index (κ3) is 3.77. The zero-order valence-corrected chi connectivity index (χ0v) is 14.5. The van der Waals surface area contributed by atoms with Gasteiger partial charge in [-0.3, -0.25) is 4.79 Å². The fraction of sp³-hybridized carbons (Fsp3) is 0.533. The second-order valence-electron chi connectivity index (χ2n) is 5.97. The third-order valence-electron chi connectivity index (χ3n) is 3.70. The van der Waals surface area contributed by atoms with Crippen LogP contribution in [0.5, 0.6) is 0 Å². The number of rotatable bonds is 5. The van der Waals surface area contributed by atoms with Gasteiger partial charge in [0.25, 0.3) is 0 Å². The van der Waals surface area contributed by atoms with Gasteiger partial charge in [-0.2, -0.15) is 0 Å². The van der Waals surface area contributed by atoms with E-state index in [9.17, 15) is 13.2 Å². The van der Waals surface area contributed by atoms with Gasteiger partial charge in [-0.1, -0.05) is 25.4 Å². The molecule has 1 N–H and O–H groups in total. The molecule has 0 saturated carbocycles. The van der Waals surface area contributed by atoms with E-state index in [1.165, 1.54) is 38.1 Å². The van der Waals surface area contributed by atoms with E-state index in [4.69, 9.17) is 11.6 Å². The fourth-order valence-corrected chi connectivity index (χ4v) is 3.09. The van der Waals surface area contributed by atoms with E-state index in [2.05, 4.69) is 5.32 Å². The maximum atomic E-state index is 12.7. The zero-order valence-electron chi connectivity index (χ0n) is 13.0. The first-order valence-corrected chi connectivity index (χ1v) is 8.67. The van der Waals surface area contributed by atoms with Gasteiger partial charge in [0.05, 0.1) is 4.90 Å². The van der Waals surface area contributed by atoms with Gasteiger partial charge in [-0.15, -0.1) is 0 Å². The molecular formula is C15H22ClNO3S. The Labute approximate surface area is 131 Å². The summed E-state index contributed by atoms with van der Waals surface area (Å²) in [5, 5.41) is 3.21. The van der Waals surface area contributed by atoms with Crippen LogP contribution in [0.15, 0.2) is 29.2 Å². The van der Waals surface area contributed by atoms with Gasteiger partial charge in [-0.05, 0) is 51.0 Å². The minimum atomic E-state index is -3.80. The van der Waals surface area contributed by atoms with E-state index >= 15 is 0 Å². The lowest BCUT2D eigenvalue weighted by atomic mass is 10.1. The molecule has 1 unspecified atom stereocenters. The molecule has 4 nitrogen and oxygen atoms in total. The Kier molecular flexibility index (Phi) is 5.45. The Morgan fingerprint density at radius 3 is 2.05 bits per heavy atom. The summed E-state index contributed by atoms with van der Waals surface area (Å²) in [4.78, 5) is 12.4. The molecule has 1 amide bonds. The third-order valence-corrected chi connectivity index (χ3v) is 6.38. The quantitative estimate of drug-likeness (QED) is 0.902. The molecule has 0 bridgehead atoms. The van der Waals surface area contributed by atoms with Gasteiger partial charge < -0.3 is 5.32 Å². The van der Waals surface area contributed by atoms with Crippen LogP contribution in [0.4, 0.5) is 0 Å². The highest BCUT2D eigenvalue weighted by Crippen LogP contribution is 2.27. The Bertz CT molecular complexity index is 606. The summed E-state index contributed by atoms with van der Waals surface area (Å²) in [7, 11) is -3.80. The van der Waals surface area contributed by atoms with E-state index in [0.717, 1.165) is 0 Å². The molecule has 1 rings (SSSR count). The normalized spacial score (nSPS) is 14.0. The van der Waals surface area contributed by atoms with Gasteiger partial charge in [0.1, 0.15) is 4.75 Å². The topological polar surface area (TPSA) is 63.2 Å². The summed E-state index contributed by atoms with van der Waals surface area (Å²) < 4.78 is 23.8. The molecule has 0 aliphatic heterocycles. The average molecular weight is 332 g/mol. The first-order valence-electron chi connectivity index (χ1n) is 6.81. The lowest BCUT2D eigenvalue weighted by Crippen LogP contribution is -2.51. The molecule has 1 aromatic rings. The fourth-order valence-electron chi connectivity index (χ4n) is 1.58. The van der Waals surface area contributed by atoms with Crippen molar-refractivity contribution >= 4 is 27.3 Å². The second-order valence-corrected chi connectivity index (χ2v) is 8.91. The van der Waals surface area contributed by atoms with E-state index < -0.39 is 20.5 Å². The minimum Gasteiger partial charge on any atom is -0.352 e. The van der Waals surface area contributed by atoms with Gasteiger partial charge in [0.2, 0.25) is 5.91 Å². The van der Waals surface area contributed by atoms with E-state index in [0.29, 0.717) is 5.02 Å². The number of carbonyl (C=O) groups excluding carboxylic acids is 1. The number of hydrogen-bond donors (Lipinski definition) is 1. The Morgan fingerprint density at radius 1 is 1.14 bits per heavy atom. The van der Waals surface area contributed by atoms with Crippen LogP contribution in [0.2, 0.25) is 5.02 Å². The number of carbonyl (C=O) groups is 1. The molecule has 1 aromatic carbocycles. The van der Waals surface area contributed by atoms with Crippen molar-refractivity contribution < 1.29 is 13.2 Å². The molecule has 118 valence electrons. The molecule has 0 saturated heterocycles.